The first-order chi connectivity index (χ1) is 12.5. The van der Waals surface area contributed by atoms with Gasteiger partial charge < -0.3 is 21.1 Å². The van der Waals surface area contributed by atoms with Gasteiger partial charge in [0.05, 0.1) is 7.11 Å². The van der Waals surface area contributed by atoms with Crippen LogP contribution >= 0.6 is 0 Å². The lowest BCUT2D eigenvalue weighted by atomic mass is 10.1. The standard InChI is InChI=1S/C20H23N5O/c1-13-8-14(2)10-16(9-13)25-20-18(21)19(23-12-24-20)22-11-15-4-6-17(26-3)7-5-15/h4-10,12H,11,21H2,1-3H3,(H2,22,23,24,25). The van der Waals surface area contributed by atoms with E-state index in [1.807, 2.05) is 24.3 Å². The molecule has 134 valence electrons. The Hall–Kier alpha value is -3.28. The van der Waals surface area contributed by atoms with Gasteiger partial charge in [-0.3, -0.25) is 0 Å². The number of anilines is 4. The molecule has 6 nitrogen and oxygen atoms in total. The third-order valence-electron chi connectivity index (χ3n) is 3.99. The number of benzene rings is 2. The van der Waals surface area contributed by atoms with Crippen LogP contribution in [-0.4, -0.2) is 17.1 Å². The number of nitrogens with one attached hydrogen (secondary N) is 2. The Labute approximate surface area is 153 Å². The van der Waals surface area contributed by atoms with Gasteiger partial charge in [-0.15, -0.1) is 0 Å². The van der Waals surface area contributed by atoms with E-state index < -0.39 is 0 Å². The Bertz CT molecular complexity index is 873. The van der Waals surface area contributed by atoms with Gasteiger partial charge in [0.15, 0.2) is 11.6 Å². The predicted molar refractivity (Wildman–Crippen MR) is 106 cm³/mol. The number of ether oxygens (including phenoxy) is 1. The highest BCUT2D eigenvalue weighted by Crippen LogP contribution is 2.27. The van der Waals surface area contributed by atoms with Gasteiger partial charge in [0.1, 0.15) is 17.8 Å². The molecular formula is C20H23N5O. The zero-order chi connectivity index (χ0) is 18.5. The molecule has 0 saturated carbocycles. The van der Waals surface area contributed by atoms with Crippen LogP contribution in [0.1, 0.15) is 16.7 Å². The minimum atomic E-state index is 0.486. The van der Waals surface area contributed by atoms with Crippen LogP contribution < -0.4 is 21.1 Å². The Morgan fingerprint density at radius 1 is 0.962 bits per heavy atom. The number of hydrogen-bond acceptors (Lipinski definition) is 6. The number of aromatic nitrogens is 2. The molecule has 0 unspecified atom stereocenters. The minimum absolute atomic E-state index is 0.486. The van der Waals surface area contributed by atoms with E-state index in [1.165, 1.54) is 17.5 Å². The first-order valence-electron chi connectivity index (χ1n) is 8.38. The molecule has 0 aliphatic carbocycles. The lowest BCUT2D eigenvalue weighted by Crippen LogP contribution is -2.08. The van der Waals surface area contributed by atoms with E-state index in [-0.39, 0.29) is 0 Å². The van der Waals surface area contributed by atoms with Crippen molar-refractivity contribution in [2.45, 2.75) is 20.4 Å². The van der Waals surface area contributed by atoms with Gasteiger partial charge in [0.2, 0.25) is 0 Å². The first-order valence-corrected chi connectivity index (χ1v) is 8.38. The second-order valence-corrected chi connectivity index (χ2v) is 6.19. The van der Waals surface area contributed by atoms with Gasteiger partial charge >= 0.3 is 0 Å². The third-order valence-corrected chi connectivity index (χ3v) is 3.99. The molecule has 1 aromatic heterocycles. The minimum Gasteiger partial charge on any atom is -0.497 e. The SMILES string of the molecule is COc1ccc(CNc2ncnc(Nc3cc(C)cc(C)c3)c2N)cc1. The quantitative estimate of drug-likeness (QED) is 0.623. The smallest absolute Gasteiger partial charge is 0.159 e. The molecule has 3 rings (SSSR count). The van der Waals surface area contributed by atoms with E-state index in [4.69, 9.17) is 10.5 Å². The summed E-state index contributed by atoms with van der Waals surface area (Å²) >= 11 is 0. The van der Waals surface area contributed by atoms with Gasteiger partial charge in [-0.05, 0) is 54.8 Å². The Balaban J connectivity index is 1.73. The highest BCUT2D eigenvalue weighted by Gasteiger charge is 2.09. The maximum atomic E-state index is 6.25. The Morgan fingerprint density at radius 2 is 1.62 bits per heavy atom. The number of nitrogens with two attached hydrogens (primary N) is 1. The summed E-state index contributed by atoms with van der Waals surface area (Å²) in [5.41, 5.74) is 11.1. The predicted octanol–water partition coefficient (Wildman–Crippen LogP) is 4.04. The molecule has 0 spiro atoms. The molecule has 0 radical (unpaired) electrons. The summed E-state index contributed by atoms with van der Waals surface area (Å²) in [6.07, 6.45) is 1.50. The fourth-order valence-electron chi connectivity index (χ4n) is 2.75. The molecule has 3 aromatic rings. The number of aryl methyl sites for hydroxylation is 2. The largest absolute Gasteiger partial charge is 0.497 e. The molecule has 0 fully saturated rings. The van der Waals surface area contributed by atoms with Crippen LogP contribution in [0.4, 0.5) is 23.0 Å². The number of methoxy groups -OCH3 is 1. The van der Waals surface area contributed by atoms with Crippen molar-refractivity contribution in [3.63, 3.8) is 0 Å². The molecule has 0 saturated heterocycles. The van der Waals surface area contributed by atoms with Gasteiger partial charge in [0.25, 0.3) is 0 Å². The van der Waals surface area contributed by atoms with Gasteiger partial charge in [-0.1, -0.05) is 18.2 Å². The molecule has 0 bridgehead atoms. The molecular weight excluding hydrogens is 326 g/mol. The van der Waals surface area contributed by atoms with Crippen molar-refractivity contribution in [3.05, 3.63) is 65.5 Å². The lowest BCUT2D eigenvalue weighted by Gasteiger charge is -2.13. The van der Waals surface area contributed by atoms with Crippen LogP contribution in [0, 0.1) is 13.8 Å². The number of nitrogen functional groups attached to an aromatic ring is 1. The first kappa shape index (κ1) is 17.5. The average Bonchev–Trinajstić information content (AvgIpc) is 2.62. The molecule has 6 heteroatoms. The maximum absolute atomic E-state index is 6.25. The third kappa shape index (κ3) is 4.22. The van der Waals surface area contributed by atoms with E-state index in [2.05, 4.69) is 52.6 Å². The van der Waals surface area contributed by atoms with Gasteiger partial charge in [-0.25, -0.2) is 9.97 Å². The van der Waals surface area contributed by atoms with Crippen LogP contribution in [0.5, 0.6) is 5.75 Å². The van der Waals surface area contributed by atoms with E-state index in [0.717, 1.165) is 17.0 Å². The Kier molecular flexibility index (Phi) is 5.22. The second-order valence-electron chi connectivity index (χ2n) is 6.19. The molecule has 1 heterocycles. The fraction of sp³-hybridized carbons (Fsp3) is 0.200. The average molecular weight is 349 g/mol. The van der Waals surface area contributed by atoms with Crippen molar-refractivity contribution in [1.29, 1.82) is 0 Å². The van der Waals surface area contributed by atoms with Crippen LogP contribution in [0.15, 0.2) is 48.8 Å². The lowest BCUT2D eigenvalue weighted by molar-refractivity contribution is 0.414. The summed E-state index contributed by atoms with van der Waals surface area (Å²) in [5, 5.41) is 6.53. The van der Waals surface area contributed by atoms with Crippen LogP contribution in [0.2, 0.25) is 0 Å². The molecule has 0 aliphatic rings. The zero-order valence-corrected chi connectivity index (χ0v) is 15.2. The summed E-state index contributed by atoms with van der Waals surface area (Å²) in [7, 11) is 1.65. The van der Waals surface area contributed by atoms with E-state index in [1.54, 1.807) is 7.11 Å². The van der Waals surface area contributed by atoms with Crippen molar-refractivity contribution < 1.29 is 4.74 Å². The summed E-state index contributed by atoms with van der Waals surface area (Å²) in [5.74, 6) is 2.01. The molecule has 0 aliphatic heterocycles. The molecule has 26 heavy (non-hydrogen) atoms. The van der Waals surface area contributed by atoms with Gasteiger partial charge in [-0.2, -0.15) is 0 Å². The zero-order valence-electron chi connectivity index (χ0n) is 15.2. The second kappa shape index (κ2) is 7.74. The van der Waals surface area contributed by atoms with Crippen molar-refractivity contribution in [3.8, 4) is 5.75 Å². The number of nitrogens with zero attached hydrogens (tertiary/aromatic N) is 2. The highest BCUT2D eigenvalue weighted by molar-refractivity contribution is 5.77. The summed E-state index contributed by atoms with van der Waals surface area (Å²) in [6, 6.07) is 14.1. The molecule has 4 N–H and O–H groups in total. The Morgan fingerprint density at radius 3 is 2.27 bits per heavy atom. The maximum Gasteiger partial charge on any atom is 0.159 e. The monoisotopic (exact) mass is 349 g/mol. The summed E-state index contributed by atoms with van der Waals surface area (Å²) in [4.78, 5) is 8.52. The van der Waals surface area contributed by atoms with E-state index in [0.29, 0.717) is 23.9 Å². The molecule has 0 amide bonds. The summed E-state index contributed by atoms with van der Waals surface area (Å²) in [6.45, 7) is 4.72. The number of hydrogen-bond donors (Lipinski definition) is 3. The van der Waals surface area contributed by atoms with Crippen molar-refractivity contribution in [2.24, 2.45) is 0 Å². The van der Waals surface area contributed by atoms with Crippen LogP contribution in [0.3, 0.4) is 0 Å². The number of rotatable bonds is 6. The van der Waals surface area contributed by atoms with Crippen LogP contribution in [0.25, 0.3) is 0 Å². The fourth-order valence-corrected chi connectivity index (χ4v) is 2.75. The highest BCUT2D eigenvalue weighted by atomic mass is 16.5. The topological polar surface area (TPSA) is 85.1 Å². The van der Waals surface area contributed by atoms with Gasteiger partial charge in [0, 0.05) is 12.2 Å². The van der Waals surface area contributed by atoms with Crippen molar-refractivity contribution in [1.82, 2.24) is 9.97 Å². The molecule has 2 aromatic carbocycles. The normalized spacial score (nSPS) is 10.4. The van der Waals surface area contributed by atoms with Crippen molar-refractivity contribution in [2.75, 3.05) is 23.5 Å². The molecule has 0 atom stereocenters. The van der Waals surface area contributed by atoms with E-state index in [9.17, 15) is 0 Å². The van der Waals surface area contributed by atoms with E-state index >= 15 is 0 Å². The van der Waals surface area contributed by atoms with Crippen LogP contribution in [-0.2, 0) is 6.54 Å². The summed E-state index contributed by atoms with van der Waals surface area (Å²) < 4.78 is 5.17. The van der Waals surface area contributed by atoms with Crippen molar-refractivity contribution >= 4 is 23.0 Å².